The summed E-state index contributed by atoms with van der Waals surface area (Å²) in [7, 11) is 3.93. The van der Waals surface area contributed by atoms with Crippen molar-refractivity contribution in [3.05, 3.63) is 87.8 Å². The number of nitrogens with zero attached hydrogens (tertiary/aromatic N) is 2. The van der Waals surface area contributed by atoms with Crippen LogP contribution in [0.25, 0.3) is 5.57 Å². The van der Waals surface area contributed by atoms with E-state index in [1.807, 2.05) is 68.3 Å². The predicted octanol–water partition coefficient (Wildman–Crippen LogP) is 8.71. The van der Waals surface area contributed by atoms with Gasteiger partial charge >= 0.3 is 13.6 Å². The summed E-state index contributed by atoms with van der Waals surface area (Å²) in [5.74, 6) is -0.129. The number of carbonyl (C=O) groups is 3. The third-order valence-electron chi connectivity index (χ3n) is 9.78. The Hall–Kier alpha value is -4.41. The Morgan fingerprint density at radius 2 is 1.51 bits per heavy atom. The molecule has 3 N–H and O–H groups in total. The molecule has 1 atom stereocenters. The number of carboxylic acids is 1. The number of hydrogen-bond acceptors (Lipinski definition) is 8. The van der Waals surface area contributed by atoms with Crippen LogP contribution in [0.1, 0.15) is 116 Å². The summed E-state index contributed by atoms with van der Waals surface area (Å²) in [6.45, 7) is 2.76. The van der Waals surface area contributed by atoms with Crippen LogP contribution in [0.3, 0.4) is 0 Å². The maximum absolute atomic E-state index is 13.5. The first-order chi connectivity index (χ1) is 26.3. The minimum atomic E-state index is -3.92. The van der Waals surface area contributed by atoms with Crippen molar-refractivity contribution < 1.29 is 37.5 Å². The Balaban J connectivity index is 1.23. The number of carboxylic acid groups (broad SMARTS) is 1. The molecule has 0 bridgehead atoms. The van der Waals surface area contributed by atoms with Gasteiger partial charge in [0.1, 0.15) is 11.5 Å². The second kappa shape index (κ2) is 21.0. The Morgan fingerprint density at radius 3 is 2.18 bits per heavy atom. The average molecular weight is 781 g/mol. The quantitative estimate of drug-likeness (QED) is 0.0747. The van der Waals surface area contributed by atoms with Crippen molar-refractivity contribution in [2.45, 2.75) is 84.0 Å². The second-order valence-electron chi connectivity index (χ2n) is 14.5. The molecule has 1 unspecified atom stereocenters. The lowest BCUT2D eigenvalue weighted by atomic mass is 9.84. The van der Waals surface area contributed by atoms with Crippen molar-refractivity contribution in [1.82, 2.24) is 15.5 Å². The molecule has 1 heterocycles. The fourth-order valence-electron chi connectivity index (χ4n) is 6.70. The van der Waals surface area contributed by atoms with Crippen molar-refractivity contribution in [3.8, 4) is 5.75 Å². The standard InChI is InChI=1S/C42H58FN4O7P/c1-6-53-55(43,52)26-16-11-9-7-8-10-13-17-39(48)44-24-14-12-15-25-45-41(49)30-18-21-33(35(27-30)42(50)51)40-34-22-19-32(47(4)5)29-38(34)54-37-23-20-31(46(2)3)28-36(37)40/h18-19,21-23,27-29H,6-17,20,24-26H2,1-5H3,(H,44,48)(H,45,49)(H,50,51). The van der Waals surface area contributed by atoms with Gasteiger partial charge in [-0.1, -0.05) is 38.2 Å². The SMILES string of the molecule is CCOP(=O)(F)CCCCCCCCCC(=O)NCCCCCNC(=O)c1ccc(C2=C3C=C(N(C)C)CC=C3Oc3cc(N(C)C)ccc32)c(C(=O)O)c1. The molecule has 13 heteroatoms. The highest BCUT2D eigenvalue weighted by atomic mass is 31.2. The van der Waals surface area contributed by atoms with Crippen LogP contribution < -0.4 is 20.3 Å². The number of allylic oxidation sites excluding steroid dienone is 2. The van der Waals surface area contributed by atoms with Crippen LogP contribution in [0.2, 0.25) is 0 Å². The lowest BCUT2D eigenvalue weighted by molar-refractivity contribution is -0.121. The first-order valence-electron chi connectivity index (χ1n) is 19.5. The molecule has 2 aromatic rings. The topological polar surface area (TPSA) is 138 Å². The monoisotopic (exact) mass is 780 g/mol. The van der Waals surface area contributed by atoms with Gasteiger partial charge in [-0.05, 0) is 81.0 Å². The maximum atomic E-state index is 13.5. The van der Waals surface area contributed by atoms with Crippen molar-refractivity contribution in [3.63, 3.8) is 0 Å². The summed E-state index contributed by atoms with van der Waals surface area (Å²) >= 11 is 0. The molecule has 2 amide bonds. The van der Waals surface area contributed by atoms with Crippen molar-refractivity contribution in [2.24, 2.45) is 0 Å². The van der Waals surface area contributed by atoms with Crippen molar-refractivity contribution >= 4 is 36.7 Å². The molecule has 1 aliphatic carbocycles. The van der Waals surface area contributed by atoms with Crippen LogP contribution in [0.5, 0.6) is 5.75 Å². The minimum absolute atomic E-state index is 0.0131. The van der Waals surface area contributed by atoms with Gasteiger partial charge in [0.25, 0.3) is 5.91 Å². The lowest BCUT2D eigenvalue weighted by Crippen LogP contribution is -2.26. The smallest absolute Gasteiger partial charge is 0.367 e. The molecule has 2 aliphatic rings. The molecule has 0 radical (unpaired) electrons. The molecule has 55 heavy (non-hydrogen) atoms. The number of aromatic carboxylic acids is 1. The van der Waals surface area contributed by atoms with E-state index in [0.717, 1.165) is 85.9 Å². The molecule has 0 saturated heterocycles. The van der Waals surface area contributed by atoms with Gasteiger partial charge in [-0.15, -0.1) is 0 Å². The summed E-state index contributed by atoms with van der Waals surface area (Å²) in [6.07, 6.45) is 13.6. The lowest BCUT2D eigenvalue weighted by Gasteiger charge is -2.30. The number of unbranched alkanes of at least 4 members (excludes halogenated alkanes) is 8. The van der Waals surface area contributed by atoms with Crippen molar-refractivity contribution in [1.29, 1.82) is 0 Å². The Kier molecular flexibility index (Phi) is 16.6. The van der Waals surface area contributed by atoms with Gasteiger partial charge in [0.2, 0.25) is 5.91 Å². The number of carbonyl (C=O) groups excluding carboxylic acids is 2. The van der Waals surface area contributed by atoms with Crippen LogP contribution in [-0.4, -0.2) is 81.8 Å². The number of anilines is 1. The fourth-order valence-corrected chi connectivity index (χ4v) is 7.81. The fraction of sp³-hybridized carbons (Fsp3) is 0.500. The summed E-state index contributed by atoms with van der Waals surface area (Å²) < 4.78 is 36.0. The molecule has 0 aromatic heterocycles. The zero-order valence-corrected chi connectivity index (χ0v) is 33.9. The molecular weight excluding hydrogens is 722 g/mol. The van der Waals surface area contributed by atoms with E-state index in [0.29, 0.717) is 49.4 Å². The van der Waals surface area contributed by atoms with Gasteiger partial charge in [-0.2, -0.15) is 4.20 Å². The Labute approximate surface area is 325 Å². The van der Waals surface area contributed by atoms with E-state index in [9.17, 15) is 28.3 Å². The van der Waals surface area contributed by atoms with Gasteiger partial charge in [0, 0.05) is 93.8 Å². The van der Waals surface area contributed by atoms with E-state index in [1.54, 1.807) is 19.1 Å². The highest BCUT2D eigenvalue weighted by Gasteiger charge is 2.30. The largest absolute Gasteiger partial charge is 0.478 e. The minimum Gasteiger partial charge on any atom is -0.478 e. The van der Waals surface area contributed by atoms with Crippen LogP contribution in [0.4, 0.5) is 9.88 Å². The average Bonchev–Trinajstić information content (AvgIpc) is 3.14. The summed E-state index contributed by atoms with van der Waals surface area (Å²) in [5.41, 5.74) is 5.13. The number of hydrogen-bond donors (Lipinski definition) is 3. The number of rotatable bonds is 23. The van der Waals surface area contributed by atoms with Crippen LogP contribution in [0, 0.1) is 0 Å². The summed E-state index contributed by atoms with van der Waals surface area (Å²) in [5, 5.41) is 16.3. The van der Waals surface area contributed by atoms with E-state index in [1.165, 1.54) is 6.07 Å². The highest BCUT2D eigenvalue weighted by Crippen LogP contribution is 2.49. The first kappa shape index (κ1) is 43.3. The second-order valence-corrected chi connectivity index (χ2v) is 16.3. The molecule has 1 aliphatic heterocycles. The Morgan fingerprint density at radius 1 is 0.855 bits per heavy atom. The number of fused-ring (bicyclic) bond motifs is 2. The number of amides is 2. The third kappa shape index (κ3) is 12.8. The maximum Gasteiger partial charge on any atom is 0.367 e. The number of nitrogens with one attached hydrogen (secondary N) is 2. The number of halogens is 1. The van der Waals surface area contributed by atoms with E-state index in [2.05, 4.69) is 15.2 Å². The normalized spacial score (nSPS) is 14.4. The molecule has 0 saturated carbocycles. The zero-order valence-electron chi connectivity index (χ0n) is 33.0. The van der Waals surface area contributed by atoms with E-state index in [-0.39, 0.29) is 35.7 Å². The number of ether oxygens (including phenoxy) is 1. The molecule has 2 aromatic carbocycles. The number of benzene rings is 2. The first-order valence-corrected chi connectivity index (χ1v) is 21.2. The highest BCUT2D eigenvalue weighted by molar-refractivity contribution is 7.53. The molecule has 0 spiro atoms. The molecule has 0 fully saturated rings. The van der Waals surface area contributed by atoms with Gasteiger partial charge < -0.3 is 34.8 Å². The van der Waals surface area contributed by atoms with Crippen LogP contribution in [-0.2, 0) is 13.9 Å². The van der Waals surface area contributed by atoms with Crippen LogP contribution in [0.15, 0.2) is 65.6 Å². The zero-order chi connectivity index (χ0) is 40.0. The van der Waals surface area contributed by atoms with Gasteiger partial charge in [0.05, 0.1) is 18.3 Å². The summed E-state index contributed by atoms with van der Waals surface area (Å²) in [6, 6.07) is 10.7. The van der Waals surface area contributed by atoms with E-state index in [4.69, 9.17) is 4.74 Å². The Bertz CT molecular complexity index is 1820. The predicted molar refractivity (Wildman–Crippen MR) is 217 cm³/mol. The summed E-state index contributed by atoms with van der Waals surface area (Å²) in [4.78, 5) is 42.1. The molecule has 300 valence electrons. The molecule has 4 rings (SSSR count). The molecular formula is C42H58FN4O7P. The van der Waals surface area contributed by atoms with Crippen LogP contribution >= 0.6 is 7.68 Å². The van der Waals surface area contributed by atoms with Gasteiger partial charge in [-0.25, -0.2) is 4.79 Å². The van der Waals surface area contributed by atoms with Crippen molar-refractivity contribution in [2.75, 3.05) is 58.9 Å². The third-order valence-corrected chi connectivity index (χ3v) is 11.3. The van der Waals surface area contributed by atoms with E-state index >= 15 is 0 Å². The molecule has 11 nitrogen and oxygen atoms in total. The van der Waals surface area contributed by atoms with Gasteiger partial charge in [0.15, 0.2) is 0 Å². The van der Waals surface area contributed by atoms with Gasteiger partial charge in [-0.3, -0.25) is 14.2 Å². The van der Waals surface area contributed by atoms with E-state index < -0.39 is 13.6 Å².